The summed E-state index contributed by atoms with van der Waals surface area (Å²) >= 11 is 7.45. The number of hydrogen-bond donors (Lipinski definition) is 1. The first-order valence-corrected chi connectivity index (χ1v) is 8.23. The maximum atomic E-state index is 12.1. The van der Waals surface area contributed by atoms with Crippen LogP contribution in [0.15, 0.2) is 53.5 Å². The zero-order chi connectivity index (χ0) is 15.5. The van der Waals surface area contributed by atoms with E-state index in [1.165, 1.54) is 17.3 Å². The van der Waals surface area contributed by atoms with Gasteiger partial charge in [-0.25, -0.2) is 4.99 Å². The second kappa shape index (κ2) is 6.55. The molecule has 2 aromatic rings. The Labute approximate surface area is 138 Å². The van der Waals surface area contributed by atoms with Gasteiger partial charge in [0.05, 0.1) is 10.9 Å². The Balaban J connectivity index is 1.71. The first kappa shape index (κ1) is 15.1. The van der Waals surface area contributed by atoms with Crippen molar-refractivity contribution in [3.8, 4) is 0 Å². The van der Waals surface area contributed by atoms with Gasteiger partial charge in [0.25, 0.3) is 0 Å². The average molecular weight is 331 g/mol. The van der Waals surface area contributed by atoms with Gasteiger partial charge in [0, 0.05) is 5.02 Å². The van der Waals surface area contributed by atoms with Crippen molar-refractivity contribution >= 4 is 40.1 Å². The monoisotopic (exact) mass is 330 g/mol. The van der Waals surface area contributed by atoms with Gasteiger partial charge in [-0.2, -0.15) is 0 Å². The molecule has 1 amide bonds. The highest BCUT2D eigenvalue weighted by atomic mass is 35.5. The summed E-state index contributed by atoms with van der Waals surface area (Å²) in [6, 6.07) is 15.5. The number of thioether (sulfide) groups is 1. The average Bonchev–Trinajstić information content (AvgIpc) is 2.81. The van der Waals surface area contributed by atoms with Gasteiger partial charge >= 0.3 is 0 Å². The molecule has 1 heterocycles. The van der Waals surface area contributed by atoms with E-state index in [9.17, 15) is 4.79 Å². The molecule has 3 rings (SSSR count). The van der Waals surface area contributed by atoms with Crippen molar-refractivity contribution in [3.05, 3.63) is 64.7 Å². The predicted molar refractivity (Wildman–Crippen MR) is 93.0 cm³/mol. The number of carbonyl (C=O) groups excluding carboxylic acids is 1. The second-order valence-corrected chi connectivity index (χ2v) is 6.81. The number of nitrogens with zero attached hydrogens (tertiary/aromatic N) is 1. The molecule has 1 unspecified atom stereocenters. The highest BCUT2D eigenvalue weighted by Crippen LogP contribution is 2.26. The summed E-state index contributed by atoms with van der Waals surface area (Å²) < 4.78 is 0. The Hall–Kier alpha value is -1.78. The van der Waals surface area contributed by atoms with E-state index in [1.54, 1.807) is 0 Å². The summed E-state index contributed by atoms with van der Waals surface area (Å²) in [7, 11) is 0. The van der Waals surface area contributed by atoms with Crippen LogP contribution in [0.1, 0.15) is 11.1 Å². The van der Waals surface area contributed by atoms with Gasteiger partial charge in [0.1, 0.15) is 0 Å². The summed E-state index contributed by atoms with van der Waals surface area (Å²) in [6.45, 7) is 2.03. The van der Waals surface area contributed by atoms with Crippen LogP contribution in [-0.4, -0.2) is 16.3 Å². The number of aliphatic imine (C=N–C) groups is 1. The number of carbonyl (C=O) groups is 1. The van der Waals surface area contributed by atoms with Gasteiger partial charge in [0.15, 0.2) is 5.17 Å². The number of halogens is 1. The predicted octanol–water partition coefficient (Wildman–Crippen LogP) is 4.11. The largest absolute Gasteiger partial charge is 0.304 e. The van der Waals surface area contributed by atoms with Crippen LogP contribution in [0.5, 0.6) is 0 Å². The van der Waals surface area contributed by atoms with Gasteiger partial charge < -0.3 is 5.32 Å². The summed E-state index contributed by atoms with van der Waals surface area (Å²) in [4.78, 5) is 16.6. The van der Waals surface area contributed by atoms with E-state index in [0.29, 0.717) is 16.6 Å². The lowest BCUT2D eigenvalue weighted by Crippen LogP contribution is -2.25. The molecule has 1 aliphatic rings. The van der Waals surface area contributed by atoms with E-state index in [1.807, 2.05) is 55.5 Å². The van der Waals surface area contributed by atoms with Crippen molar-refractivity contribution in [2.75, 3.05) is 0 Å². The number of aryl methyl sites for hydroxylation is 1. The summed E-state index contributed by atoms with van der Waals surface area (Å²) in [5, 5.41) is 4.02. The molecule has 0 aromatic heterocycles. The number of amides is 1. The number of benzene rings is 2. The van der Waals surface area contributed by atoms with Crippen molar-refractivity contribution in [3.63, 3.8) is 0 Å². The third kappa shape index (κ3) is 3.70. The van der Waals surface area contributed by atoms with Gasteiger partial charge in [-0.3, -0.25) is 4.79 Å². The molecule has 1 atom stereocenters. The molecule has 22 heavy (non-hydrogen) atoms. The third-order valence-corrected chi connectivity index (χ3v) is 4.67. The van der Waals surface area contributed by atoms with Crippen molar-refractivity contribution in [1.29, 1.82) is 0 Å². The minimum absolute atomic E-state index is 0.00385. The van der Waals surface area contributed by atoms with Crippen LogP contribution >= 0.6 is 23.4 Å². The number of rotatable bonds is 3. The minimum atomic E-state index is -0.164. The van der Waals surface area contributed by atoms with Crippen molar-refractivity contribution in [2.45, 2.75) is 18.6 Å². The summed E-state index contributed by atoms with van der Waals surface area (Å²) in [6.07, 6.45) is 0.643. The Morgan fingerprint density at radius 3 is 2.73 bits per heavy atom. The van der Waals surface area contributed by atoms with E-state index in [0.717, 1.165) is 11.3 Å². The Bertz CT molecular complexity index is 728. The lowest BCUT2D eigenvalue weighted by atomic mass is 10.1. The van der Waals surface area contributed by atoms with E-state index in [4.69, 9.17) is 11.6 Å². The van der Waals surface area contributed by atoms with Crippen molar-refractivity contribution < 1.29 is 4.79 Å². The summed E-state index contributed by atoms with van der Waals surface area (Å²) in [5.41, 5.74) is 3.08. The molecule has 0 spiro atoms. The Morgan fingerprint density at radius 1 is 1.23 bits per heavy atom. The molecule has 1 N–H and O–H groups in total. The quantitative estimate of drug-likeness (QED) is 0.920. The molecular weight excluding hydrogens is 316 g/mol. The molecule has 5 heteroatoms. The van der Waals surface area contributed by atoms with Crippen molar-refractivity contribution in [2.24, 2.45) is 4.99 Å². The van der Waals surface area contributed by atoms with Gasteiger partial charge in [-0.15, -0.1) is 0 Å². The highest BCUT2D eigenvalue weighted by molar-refractivity contribution is 8.15. The van der Waals surface area contributed by atoms with Crippen LogP contribution in [0.2, 0.25) is 5.02 Å². The maximum Gasteiger partial charge on any atom is 0.239 e. The zero-order valence-electron chi connectivity index (χ0n) is 12.0. The molecule has 0 radical (unpaired) electrons. The van der Waals surface area contributed by atoms with Crippen LogP contribution < -0.4 is 5.32 Å². The maximum absolute atomic E-state index is 12.1. The second-order valence-electron chi connectivity index (χ2n) is 5.18. The smallest absolute Gasteiger partial charge is 0.239 e. The lowest BCUT2D eigenvalue weighted by molar-refractivity contribution is -0.118. The van der Waals surface area contributed by atoms with Crippen LogP contribution in [-0.2, 0) is 11.2 Å². The van der Waals surface area contributed by atoms with E-state index in [-0.39, 0.29) is 11.2 Å². The fourth-order valence-corrected chi connectivity index (χ4v) is 3.45. The molecule has 1 fully saturated rings. The fourth-order valence-electron chi connectivity index (χ4n) is 2.21. The lowest BCUT2D eigenvalue weighted by Gasteiger charge is -2.05. The Kier molecular flexibility index (Phi) is 4.50. The van der Waals surface area contributed by atoms with E-state index in [2.05, 4.69) is 10.3 Å². The molecule has 2 aromatic carbocycles. The van der Waals surface area contributed by atoms with Gasteiger partial charge in [0.2, 0.25) is 5.91 Å². The minimum Gasteiger partial charge on any atom is -0.304 e. The number of nitrogens with one attached hydrogen (secondary N) is 1. The highest BCUT2D eigenvalue weighted by Gasteiger charge is 2.30. The topological polar surface area (TPSA) is 41.5 Å². The van der Waals surface area contributed by atoms with Crippen LogP contribution in [0.4, 0.5) is 5.69 Å². The molecule has 0 aliphatic carbocycles. The van der Waals surface area contributed by atoms with Crippen molar-refractivity contribution in [1.82, 2.24) is 5.32 Å². The van der Waals surface area contributed by atoms with Crippen LogP contribution in [0.3, 0.4) is 0 Å². The molecular formula is C17H15ClN2OS. The van der Waals surface area contributed by atoms with Crippen LogP contribution in [0.25, 0.3) is 0 Å². The molecule has 1 saturated heterocycles. The third-order valence-electron chi connectivity index (χ3n) is 3.35. The SMILES string of the molecule is Cc1ccc(N=C2NC(=O)C(Cc3cccc(Cl)c3)S2)cc1. The van der Waals surface area contributed by atoms with Crippen LogP contribution in [0, 0.1) is 6.92 Å². The first-order chi connectivity index (χ1) is 10.6. The van der Waals surface area contributed by atoms with E-state index >= 15 is 0 Å². The normalized spacial score (nSPS) is 19.5. The molecule has 3 nitrogen and oxygen atoms in total. The standard InChI is InChI=1S/C17H15ClN2OS/c1-11-5-7-14(8-6-11)19-17-20-16(21)15(22-17)10-12-3-2-4-13(18)9-12/h2-9,15H,10H2,1H3,(H,19,20,21). The number of amidine groups is 1. The molecule has 0 saturated carbocycles. The molecule has 0 bridgehead atoms. The first-order valence-electron chi connectivity index (χ1n) is 6.97. The molecule has 112 valence electrons. The molecule has 1 aliphatic heterocycles. The summed E-state index contributed by atoms with van der Waals surface area (Å²) in [5.74, 6) is -0.00385. The fraction of sp³-hybridized carbons (Fsp3) is 0.176. The van der Waals surface area contributed by atoms with Gasteiger partial charge in [-0.05, 0) is 43.2 Å². The van der Waals surface area contributed by atoms with E-state index < -0.39 is 0 Å². The zero-order valence-corrected chi connectivity index (χ0v) is 13.6. The Morgan fingerprint density at radius 2 is 2.00 bits per heavy atom. The number of hydrogen-bond acceptors (Lipinski definition) is 3. The van der Waals surface area contributed by atoms with Gasteiger partial charge in [-0.1, -0.05) is 53.2 Å².